The van der Waals surface area contributed by atoms with E-state index < -0.39 is 6.23 Å². The quantitative estimate of drug-likeness (QED) is 0.573. The first-order valence-electron chi connectivity index (χ1n) is 2.87. The summed E-state index contributed by atoms with van der Waals surface area (Å²) < 4.78 is 9.70. The molecule has 56 valence electrons. The normalized spacial score (nSPS) is 24.0. The summed E-state index contributed by atoms with van der Waals surface area (Å²) in [5.41, 5.74) is 0. The number of ether oxygens (including phenoxy) is 2. The molecule has 0 aliphatic carbocycles. The third-order valence-corrected chi connectivity index (χ3v) is 1.28. The van der Waals surface area contributed by atoms with Crippen molar-refractivity contribution < 1.29 is 14.3 Å². The molecule has 1 rings (SSSR count). The second-order valence-electron chi connectivity index (χ2n) is 1.88. The summed E-state index contributed by atoms with van der Waals surface area (Å²) in [4.78, 5) is 10.6. The van der Waals surface area contributed by atoms with E-state index in [1.54, 1.807) is 0 Å². The van der Waals surface area contributed by atoms with Crippen molar-refractivity contribution in [2.24, 2.45) is 0 Å². The Morgan fingerprint density at radius 3 is 2.70 bits per heavy atom. The van der Waals surface area contributed by atoms with Crippen LogP contribution in [0.15, 0.2) is 11.8 Å². The molecule has 10 heavy (non-hydrogen) atoms. The van der Waals surface area contributed by atoms with Gasteiger partial charge in [-0.15, -0.1) is 0 Å². The number of rotatable bonds is 2. The van der Waals surface area contributed by atoms with Crippen molar-refractivity contribution in [2.45, 2.75) is 6.23 Å². The van der Waals surface area contributed by atoms with Crippen LogP contribution in [0, 0.1) is 0 Å². The smallest absolute Gasteiger partial charge is 0.249 e. The van der Waals surface area contributed by atoms with Crippen molar-refractivity contribution in [2.75, 3.05) is 14.2 Å². The average molecular weight is 143 g/mol. The number of methoxy groups -OCH3 is 2. The molecule has 0 fully saturated rings. The Bertz CT molecular complexity index is 176. The number of carbonyl (C=O) groups excluding carboxylic acids is 1. The highest BCUT2D eigenvalue weighted by atomic mass is 16.5. The Balaban J connectivity index is 2.65. The summed E-state index contributed by atoms with van der Waals surface area (Å²) >= 11 is 0. The van der Waals surface area contributed by atoms with Crippen LogP contribution >= 0.6 is 0 Å². The molecule has 1 aliphatic rings. The van der Waals surface area contributed by atoms with Crippen LogP contribution in [0.2, 0.25) is 0 Å². The standard InChI is InChI=1S/C6H9NO3/c1-9-4-3-5(8)7-6(4)10-2/h3,6H,1-2H3,(H,7,8). The minimum atomic E-state index is -0.405. The van der Waals surface area contributed by atoms with Gasteiger partial charge in [0, 0.05) is 13.2 Å². The lowest BCUT2D eigenvalue weighted by atomic mass is 10.5. The highest BCUT2D eigenvalue weighted by Crippen LogP contribution is 2.09. The lowest BCUT2D eigenvalue weighted by Crippen LogP contribution is -2.30. The van der Waals surface area contributed by atoms with E-state index in [2.05, 4.69) is 5.32 Å². The molecule has 1 amide bonds. The predicted octanol–water partition coefficient (Wildman–Crippen LogP) is -0.381. The van der Waals surface area contributed by atoms with Crippen LogP contribution in [0.5, 0.6) is 0 Å². The first-order chi connectivity index (χ1) is 4.77. The lowest BCUT2D eigenvalue weighted by molar-refractivity contribution is -0.118. The number of amides is 1. The molecule has 0 aromatic rings. The molecule has 1 aliphatic heterocycles. The molecule has 0 aromatic heterocycles. The second-order valence-corrected chi connectivity index (χ2v) is 1.88. The van der Waals surface area contributed by atoms with Crippen LogP contribution in [0.1, 0.15) is 0 Å². The molecule has 1 N–H and O–H groups in total. The molecule has 0 aromatic carbocycles. The van der Waals surface area contributed by atoms with Gasteiger partial charge >= 0.3 is 0 Å². The first kappa shape index (κ1) is 7.08. The molecule has 0 saturated heterocycles. The van der Waals surface area contributed by atoms with Crippen LogP contribution in [-0.4, -0.2) is 26.4 Å². The molecule has 4 heteroatoms. The Morgan fingerprint density at radius 2 is 2.30 bits per heavy atom. The maximum atomic E-state index is 10.6. The second kappa shape index (κ2) is 2.70. The highest BCUT2D eigenvalue weighted by Gasteiger charge is 2.23. The fraction of sp³-hybridized carbons (Fsp3) is 0.500. The van der Waals surface area contributed by atoms with E-state index in [-0.39, 0.29) is 5.91 Å². The minimum absolute atomic E-state index is 0.177. The highest BCUT2D eigenvalue weighted by molar-refractivity contribution is 5.91. The average Bonchev–Trinajstić information content (AvgIpc) is 2.30. The third-order valence-electron chi connectivity index (χ3n) is 1.28. The zero-order valence-corrected chi connectivity index (χ0v) is 5.88. The van der Waals surface area contributed by atoms with Crippen molar-refractivity contribution >= 4 is 5.91 Å². The molecule has 1 unspecified atom stereocenters. The van der Waals surface area contributed by atoms with Gasteiger partial charge in [-0.25, -0.2) is 0 Å². The van der Waals surface area contributed by atoms with E-state index in [1.807, 2.05) is 0 Å². The maximum absolute atomic E-state index is 10.6. The topological polar surface area (TPSA) is 47.6 Å². The number of hydrogen-bond donors (Lipinski definition) is 1. The van der Waals surface area contributed by atoms with Crippen LogP contribution in [0.4, 0.5) is 0 Å². The van der Waals surface area contributed by atoms with Gasteiger partial charge in [0.2, 0.25) is 5.91 Å². The van der Waals surface area contributed by atoms with Gasteiger partial charge in [0.05, 0.1) is 7.11 Å². The van der Waals surface area contributed by atoms with Crippen LogP contribution < -0.4 is 5.32 Å². The van der Waals surface area contributed by atoms with Crippen molar-refractivity contribution in [1.82, 2.24) is 5.32 Å². The van der Waals surface area contributed by atoms with E-state index in [0.717, 1.165) is 0 Å². The molecule has 0 saturated carbocycles. The molecule has 0 bridgehead atoms. The monoisotopic (exact) mass is 143 g/mol. The van der Waals surface area contributed by atoms with Crippen molar-refractivity contribution in [3.05, 3.63) is 11.8 Å². The van der Waals surface area contributed by atoms with E-state index >= 15 is 0 Å². The molecular formula is C6H9NO3. The lowest BCUT2D eigenvalue weighted by Gasteiger charge is -2.10. The Labute approximate surface area is 58.8 Å². The zero-order chi connectivity index (χ0) is 7.56. The Morgan fingerprint density at radius 1 is 1.60 bits per heavy atom. The largest absolute Gasteiger partial charge is 0.496 e. The summed E-state index contributed by atoms with van der Waals surface area (Å²) in [6, 6.07) is 0. The van der Waals surface area contributed by atoms with Gasteiger partial charge in [0.25, 0.3) is 0 Å². The van der Waals surface area contributed by atoms with Gasteiger partial charge in [-0.05, 0) is 0 Å². The molecule has 1 heterocycles. The number of nitrogens with one attached hydrogen (secondary N) is 1. The Hall–Kier alpha value is -1.03. The van der Waals surface area contributed by atoms with Crippen LogP contribution in [0.3, 0.4) is 0 Å². The molecular weight excluding hydrogens is 134 g/mol. The van der Waals surface area contributed by atoms with Gasteiger partial charge in [0.1, 0.15) is 0 Å². The molecule has 1 atom stereocenters. The Kier molecular flexibility index (Phi) is 1.91. The van der Waals surface area contributed by atoms with Crippen LogP contribution in [-0.2, 0) is 14.3 Å². The summed E-state index contributed by atoms with van der Waals surface area (Å²) in [6.45, 7) is 0. The fourth-order valence-corrected chi connectivity index (χ4v) is 0.788. The fourth-order valence-electron chi connectivity index (χ4n) is 0.788. The van der Waals surface area contributed by atoms with E-state index in [4.69, 9.17) is 9.47 Å². The molecule has 0 radical (unpaired) electrons. The van der Waals surface area contributed by atoms with Crippen molar-refractivity contribution in [1.29, 1.82) is 0 Å². The summed E-state index contributed by atoms with van der Waals surface area (Å²) in [5.74, 6) is 0.344. The van der Waals surface area contributed by atoms with Crippen LogP contribution in [0.25, 0.3) is 0 Å². The van der Waals surface area contributed by atoms with E-state index in [0.29, 0.717) is 5.76 Å². The van der Waals surface area contributed by atoms with Crippen molar-refractivity contribution in [3.63, 3.8) is 0 Å². The first-order valence-corrected chi connectivity index (χ1v) is 2.87. The van der Waals surface area contributed by atoms with Gasteiger partial charge in [-0.2, -0.15) is 0 Å². The van der Waals surface area contributed by atoms with E-state index in [9.17, 15) is 4.79 Å². The number of carbonyl (C=O) groups is 1. The predicted molar refractivity (Wildman–Crippen MR) is 34.0 cm³/mol. The van der Waals surface area contributed by atoms with Gasteiger partial charge < -0.3 is 14.8 Å². The SMILES string of the molecule is COC1=CC(=O)NC1OC. The summed E-state index contributed by atoms with van der Waals surface area (Å²) in [6.07, 6.45) is 0.964. The van der Waals surface area contributed by atoms with Crippen molar-refractivity contribution in [3.8, 4) is 0 Å². The van der Waals surface area contributed by atoms with Gasteiger partial charge in [-0.3, -0.25) is 4.79 Å². The zero-order valence-electron chi connectivity index (χ0n) is 5.88. The molecule has 0 spiro atoms. The minimum Gasteiger partial charge on any atom is -0.496 e. The summed E-state index contributed by atoms with van der Waals surface area (Å²) in [7, 11) is 3.00. The maximum Gasteiger partial charge on any atom is 0.249 e. The number of hydrogen-bond acceptors (Lipinski definition) is 3. The summed E-state index contributed by atoms with van der Waals surface area (Å²) in [5, 5.41) is 2.53. The molecule has 4 nitrogen and oxygen atoms in total. The van der Waals surface area contributed by atoms with Gasteiger partial charge in [-0.1, -0.05) is 0 Å². The third kappa shape index (κ3) is 1.11. The van der Waals surface area contributed by atoms with Gasteiger partial charge in [0.15, 0.2) is 12.0 Å². The van der Waals surface area contributed by atoms with E-state index in [1.165, 1.54) is 20.3 Å².